The van der Waals surface area contributed by atoms with Gasteiger partial charge in [-0.15, -0.1) is 0 Å². The van der Waals surface area contributed by atoms with Gasteiger partial charge in [0.1, 0.15) is 0 Å². The molecule has 0 aliphatic carbocycles. The number of hydrogen-bond donors (Lipinski definition) is 2. The Hall–Kier alpha value is -2.69. The van der Waals surface area contributed by atoms with E-state index >= 15 is 0 Å². The maximum atomic E-state index is 6.10. The van der Waals surface area contributed by atoms with Gasteiger partial charge in [0, 0.05) is 5.69 Å². The lowest BCUT2D eigenvalue weighted by Crippen LogP contribution is -2.24. The quantitative estimate of drug-likeness (QED) is 0.652. The second-order valence-electron chi connectivity index (χ2n) is 5.67. The Morgan fingerprint density at radius 2 is 1.79 bits per heavy atom. The minimum absolute atomic E-state index is 0.277. The van der Waals surface area contributed by atoms with Crippen molar-refractivity contribution in [1.29, 1.82) is 0 Å². The number of nitrogens with zero attached hydrogens (tertiary/aromatic N) is 1. The SMILES string of the molecule is CCc1cccc(CC)c1NC(N)=NCc1ccc2c(c1)OCO2. The second-order valence-corrected chi connectivity index (χ2v) is 5.67. The van der Waals surface area contributed by atoms with Gasteiger partial charge >= 0.3 is 0 Å². The first kappa shape index (κ1) is 16.2. The van der Waals surface area contributed by atoms with E-state index in [9.17, 15) is 0 Å². The summed E-state index contributed by atoms with van der Waals surface area (Å²) in [5.41, 5.74) is 10.7. The van der Waals surface area contributed by atoms with Crippen LogP contribution in [0, 0.1) is 0 Å². The van der Waals surface area contributed by atoms with Crippen LogP contribution in [0.25, 0.3) is 0 Å². The number of para-hydroxylation sites is 1. The molecular formula is C19H23N3O2. The average Bonchev–Trinajstić information content (AvgIpc) is 3.07. The molecule has 0 aromatic heterocycles. The highest BCUT2D eigenvalue weighted by molar-refractivity contribution is 5.93. The Labute approximate surface area is 142 Å². The average molecular weight is 325 g/mol. The number of aryl methyl sites for hydroxylation is 2. The van der Waals surface area contributed by atoms with Crippen LogP contribution in [0.5, 0.6) is 11.5 Å². The molecule has 5 heteroatoms. The van der Waals surface area contributed by atoms with Crippen LogP contribution >= 0.6 is 0 Å². The first-order valence-electron chi connectivity index (χ1n) is 8.27. The van der Waals surface area contributed by atoms with Crippen LogP contribution in [0.3, 0.4) is 0 Å². The van der Waals surface area contributed by atoms with Gasteiger partial charge in [0.25, 0.3) is 0 Å². The summed E-state index contributed by atoms with van der Waals surface area (Å²) in [6.45, 7) is 5.05. The summed E-state index contributed by atoms with van der Waals surface area (Å²) in [4.78, 5) is 4.45. The van der Waals surface area contributed by atoms with Crippen molar-refractivity contribution < 1.29 is 9.47 Å². The number of ether oxygens (including phenoxy) is 2. The number of benzene rings is 2. The highest BCUT2D eigenvalue weighted by Gasteiger charge is 2.13. The number of rotatable bonds is 5. The summed E-state index contributed by atoms with van der Waals surface area (Å²) in [5, 5.41) is 3.28. The summed E-state index contributed by atoms with van der Waals surface area (Å²) in [6.07, 6.45) is 1.90. The molecule has 1 aliphatic heterocycles. The molecule has 0 amide bonds. The van der Waals surface area contributed by atoms with Gasteiger partial charge in [0.2, 0.25) is 6.79 Å². The molecule has 0 fully saturated rings. The third-order valence-electron chi connectivity index (χ3n) is 4.12. The van der Waals surface area contributed by atoms with Crippen molar-refractivity contribution in [2.75, 3.05) is 12.1 Å². The first-order chi connectivity index (χ1) is 11.7. The van der Waals surface area contributed by atoms with Crippen LogP contribution in [-0.4, -0.2) is 12.8 Å². The smallest absolute Gasteiger partial charge is 0.231 e. The van der Waals surface area contributed by atoms with Crippen molar-refractivity contribution in [3.05, 3.63) is 53.1 Å². The van der Waals surface area contributed by atoms with E-state index in [1.165, 1.54) is 11.1 Å². The fraction of sp³-hybridized carbons (Fsp3) is 0.316. The van der Waals surface area contributed by atoms with Gasteiger partial charge < -0.3 is 20.5 Å². The predicted molar refractivity (Wildman–Crippen MR) is 96.7 cm³/mol. The lowest BCUT2D eigenvalue weighted by molar-refractivity contribution is 0.174. The van der Waals surface area contributed by atoms with E-state index in [4.69, 9.17) is 15.2 Å². The Morgan fingerprint density at radius 3 is 2.50 bits per heavy atom. The molecule has 0 saturated carbocycles. The van der Waals surface area contributed by atoms with Crippen LogP contribution < -0.4 is 20.5 Å². The maximum Gasteiger partial charge on any atom is 0.231 e. The largest absolute Gasteiger partial charge is 0.454 e. The van der Waals surface area contributed by atoms with Crippen LogP contribution in [0.4, 0.5) is 5.69 Å². The molecule has 5 nitrogen and oxygen atoms in total. The molecule has 0 saturated heterocycles. The summed E-state index contributed by atoms with van der Waals surface area (Å²) in [7, 11) is 0. The fourth-order valence-electron chi connectivity index (χ4n) is 2.79. The fourth-order valence-corrected chi connectivity index (χ4v) is 2.79. The van der Waals surface area contributed by atoms with Gasteiger partial charge in [-0.3, -0.25) is 0 Å². The van der Waals surface area contributed by atoms with E-state index in [2.05, 4.69) is 42.4 Å². The molecule has 2 aromatic carbocycles. The van der Waals surface area contributed by atoms with E-state index in [0.717, 1.165) is 35.6 Å². The van der Waals surface area contributed by atoms with E-state index in [0.29, 0.717) is 12.5 Å². The topological polar surface area (TPSA) is 68.9 Å². The maximum absolute atomic E-state index is 6.10. The van der Waals surface area contributed by atoms with Gasteiger partial charge in [-0.25, -0.2) is 4.99 Å². The molecular weight excluding hydrogens is 302 g/mol. The molecule has 3 rings (SSSR count). The van der Waals surface area contributed by atoms with Crippen molar-refractivity contribution >= 4 is 11.6 Å². The zero-order chi connectivity index (χ0) is 16.9. The second kappa shape index (κ2) is 7.25. The Balaban J connectivity index is 1.73. The van der Waals surface area contributed by atoms with Crippen molar-refractivity contribution in [2.24, 2.45) is 10.7 Å². The summed E-state index contributed by atoms with van der Waals surface area (Å²) >= 11 is 0. The highest BCUT2D eigenvalue weighted by Crippen LogP contribution is 2.32. The minimum atomic E-state index is 0.277. The zero-order valence-corrected chi connectivity index (χ0v) is 14.1. The van der Waals surface area contributed by atoms with Crippen molar-refractivity contribution in [3.8, 4) is 11.5 Å². The van der Waals surface area contributed by atoms with Crippen LogP contribution in [-0.2, 0) is 19.4 Å². The lowest BCUT2D eigenvalue weighted by atomic mass is 10.0. The molecule has 1 heterocycles. The first-order valence-corrected chi connectivity index (χ1v) is 8.27. The van der Waals surface area contributed by atoms with Gasteiger partial charge in [0.05, 0.1) is 6.54 Å². The molecule has 1 aliphatic rings. The molecule has 24 heavy (non-hydrogen) atoms. The van der Waals surface area contributed by atoms with Crippen molar-refractivity contribution in [1.82, 2.24) is 0 Å². The molecule has 2 aromatic rings. The van der Waals surface area contributed by atoms with Crippen molar-refractivity contribution in [2.45, 2.75) is 33.2 Å². The van der Waals surface area contributed by atoms with Gasteiger partial charge in [0.15, 0.2) is 17.5 Å². The van der Waals surface area contributed by atoms with Crippen LogP contribution in [0.15, 0.2) is 41.4 Å². The van der Waals surface area contributed by atoms with E-state index < -0.39 is 0 Å². The number of aliphatic imine (C=N–C) groups is 1. The van der Waals surface area contributed by atoms with Crippen LogP contribution in [0.2, 0.25) is 0 Å². The Kier molecular flexibility index (Phi) is 4.89. The van der Waals surface area contributed by atoms with Gasteiger partial charge in [-0.05, 0) is 41.7 Å². The normalized spacial score (nSPS) is 13.2. The van der Waals surface area contributed by atoms with Gasteiger partial charge in [-0.2, -0.15) is 0 Å². The zero-order valence-electron chi connectivity index (χ0n) is 14.1. The number of fused-ring (bicyclic) bond motifs is 1. The summed E-state index contributed by atoms with van der Waals surface area (Å²) in [5.74, 6) is 1.96. The van der Waals surface area contributed by atoms with Crippen molar-refractivity contribution in [3.63, 3.8) is 0 Å². The molecule has 0 spiro atoms. The number of guanidine groups is 1. The third-order valence-corrected chi connectivity index (χ3v) is 4.12. The monoisotopic (exact) mass is 325 g/mol. The molecule has 0 unspecified atom stereocenters. The Bertz CT molecular complexity index is 734. The van der Waals surface area contributed by atoms with Crippen LogP contribution in [0.1, 0.15) is 30.5 Å². The Morgan fingerprint density at radius 1 is 1.08 bits per heavy atom. The minimum Gasteiger partial charge on any atom is -0.454 e. The molecule has 0 bridgehead atoms. The van der Waals surface area contributed by atoms with Gasteiger partial charge in [-0.1, -0.05) is 38.1 Å². The highest BCUT2D eigenvalue weighted by atomic mass is 16.7. The molecule has 0 radical (unpaired) electrons. The molecule has 126 valence electrons. The predicted octanol–water partition coefficient (Wildman–Crippen LogP) is 3.47. The summed E-state index contributed by atoms with van der Waals surface area (Å²) < 4.78 is 10.7. The number of nitrogens with two attached hydrogens (primary N) is 1. The number of anilines is 1. The molecule has 3 N–H and O–H groups in total. The third kappa shape index (κ3) is 3.45. The van der Waals surface area contributed by atoms with E-state index in [-0.39, 0.29) is 6.79 Å². The lowest BCUT2D eigenvalue weighted by Gasteiger charge is -2.14. The summed E-state index contributed by atoms with van der Waals surface area (Å²) in [6, 6.07) is 12.1. The number of nitrogens with one attached hydrogen (secondary N) is 1. The standard InChI is InChI=1S/C19H23N3O2/c1-3-14-6-5-7-15(4-2)18(14)22-19(20)21-11-13-8-9-16-17(10-13)24-12-23-16/h5-10H,3-4,11-12H2,1-2H3,(H3,20,21,22). The molecule has 0 atom stereocenters. The van der Waals surface area contributed by atoms with E-state index in [1.54, 1.807) is 0 Å². The number of hydrogen-bond acceptors (Lipinski definition) is 3. The van der Waals surface area contributed by atoms with E-state index in [1.807, 2.05) is 18.2 Å².